The van der Waals surface area contributed by atoms with Crippen molar-refractivity contribution in [1.82, 2.24) is 0 Å². The third kappa shape index (κ3) is 2.61. The monoisotopic (exact) mass is 410 g/mol. The summed E-state index contributed by atoms with van der Waals surface area (Å²) in [5.74, 6) is -2.40. The van der Waals surface area contributed by atoms with Crippen LogP contribution in [-0.4, -0.2) is 15.0 Å². The van der Waals surface area contributed by atoms with Gasteiger partial charge in [-0.05, 0) is 55.7 Å². The van der Waals surface area contributed by atoms with Gasteiger partial charge in [0.2, 0.25) is 0 Å². The molecule has 0 amide bonds. The largest absolute Gasteiger partial charge is 0.490 e. The number of sulfone groups is 1. The molecule has 0 saturated heterocycles. The molecule has 2 atom stereocenters. The molecular weight excluding hydrogens is 394 g/mol. The lowest BCUT2D eigenvalue weighted by Crippen LogP contribution is -2.51. The molecule has 27 heavy (non-hydrogen) atoms. The van der Waals surface area contributed by atoms with Crippen molar-refractivity contribution in [3.05, 3.63) is 70.8 Å². The SMILES string of the molecule is C=C1CC[C@@]2(S(=O)(=O)c3ccc(Cl)cc3)c3c(F)ccc(F)c3OC[C@H]2C1. The summed E-state index contributed by atoms with van der Waals surface area (Å²) in [7, 11) is -4.06. The van der Waals surface area contributed by atoms with Gasteiger partial charge in [0.05, 0.1) is 17.1 Å². The van der Waals surface area contributed by atoms with Crippen LogP contribution in [0.4, 0.5) is 8.78 Å². The summed E-state index contributed by atoms with van der Waals surface area (Å²) in [6, 6.07) is 7.67. The first-order chi connectivity index (χ1) is 12.8. The molecule has 0 bridgehead atoms. The van der Waals surface area contributed by atoms with E-state index in [9.17, 15) is 17.2 Å². The van der Waals surface area contributed by atoms with E-state index >= 15 is 0 Å². The molecule has 0 spiro atoms. The summed E-state index contributed by atoms with van der Waals surface area (Å²) < 4.78 is 60.7. The van der Waals surface area contributed by atoms with Gasteiger partial charge in [-0.2, -0.15) is 0 Å². The smallest absolute Gasteiger partial charge is 0.188 e. The van der Waals surface area contributed by atoms with Crippen LogP contribution in [0.25, 0.3) is 0 Å². The minimum Gasteiger partial charge on any atom is -0.490 e. The Morgan fingerprint density at radius 1 is 1.11 bits per heavy atom. The summed E-state index contributed by atoms with van der Waals surface area (Å²) in [5.41, 5.74) is 0.673. The van der Waals surface area contributed by atoms with Crippen molar-refractivity contribution >= 4 is 21.4 Å². The molecule has 0 aromatic heterocycles. The highest BCUT2D eigenvalue weighted by Crippen LogP contribution is 2.57. The van der Waals surface area contributed by atoms with E-state index in [0.717, 1.165) is 17.7 Å². The van der Waals surface area contributed by atoms with E-state index in [0.29, 0.717) is 17.9 Å². The van der Waals surface area contributed by atoms with Crippen molar-refractivity contribution < 1.29 is 21.9 Å². The van der Waals surface area contributed by atoms with Gasteiger partial charge >= 0.3 is 0 Å². The van der Waals surface area contributed by atoms with Crippen LogP contribution in [0.5, 0.6) is 5.75 Å². The summed E-state index contributed by atoms with van der Waals surface area (Å²) in [6.45, 7) is 3.95. The van der Waals surface area contributed by atoms with Crippen LogP contribution < -0.4 is 4.74 Å². The van der Waals surface area contributed by atoms with Gasteiger partial charge in [0.25, 0.3) is 0 Å². The van der Waals surface area contributed by atoms with Crippen LogP contribution in [0, 0.1) is 17.6 Å². The Hall–Kier alpha value is -1.92. The lowest BCUT2D eigenvalue weighted by Gasteiger charge is -2.47. The fraction of sp³-hybridized carbons (Fsp3) is 0.300. The van der Waals surface area contributed by atoms with E-state index < -0.39 is 32.1 Å². The minimum absolute atomic E-state index is 0.0147. The molecule has 1 aliphatic carbocycles. The van der Waals surface area contributed by atoms with Gasteiger partial charge in [-0.15, -0.1) is 0 Å². The summed E-state index contributed by atoms with van der Waals surface area (Å²) in [4.78, 5) is 0.0286. The predicted molar refractivity (Wildman–Crippen MR) is 98.6 cm³/mol. The molecule has 1 fully saturated rings. The Labute approximate surface area is 161 Å². The van der Waals surface area contributed by atoms with E-state index in [2.05, 4.69) is 6.58 Å². The van der Waals surface area contributed by atoms with Gasteiger partial charge in [-0.25, -0.2) is 17.2 Å². The van der Waals surface area contributed by atoms with Gasteiger partial charge in [-0.3, -0.25) is 0 Å². The molecule has 1 heterocycles. The second-order valence-corrected chi connectivity index (χ2v) is 9.69. The highest BCUT2D eigenvalue weighted by molar-refractivity contribution is 7.92. The summed E-state index contributed by atoms with van der Waals surface area (Å²) in [6.07, 6.45) is 0.916. The van der Waals surface area contributed by atoms with Gasteiger partial charge in [0.15, 0.2) is 21.4 Å². The molecular formula is C20H17ClF2O3S. The second kappa shape index (κ2) is 6.31. The number of allylic oxidation sites excluding steroid dienone is 1. The Kier molecular flexibility index (Phi) is 4.31. The zero-order valence-corrected chi connectivity index (χ0v) is 15.9. The first kappa shape index (κ1) is 18.4. The molecule has 4 rings (SSSR count). The fourth-order valence-electron chi connectivity index (χ4n) is 4.27. The number of hydrogen-bond donors (Lipinski definition) is 0. The van der Waals surface area contributed by atoms with Crippen molar-refractivity contribution in [2.45, 2.75) is 28.9 Å². The first-order valence-corrected chi connectivity index (χ1v) is 10.4. The van der Waals surface area contributed by atoms with Crippen molar-refractivity contribution in [3.63, 3.8) is 0 Å². The Balaban J connectivity index is 2.03. The number of benzene rings is 2. The van der Waals surface area contributed by atoms with Gasteiger partial charge in [0.1, 0.15) is 10.6 Å². The van der Waals surface area contributed by atoms with Gasteiger partial charge in [0, 0.05) is 10.9 Å². The lowest BCUT2D eigenvalue weighted by atomic mass is 9.71. The average molecular weight is 411 g/mol. The molecule has 1 saturated carbocycles. The standard InChI is InChI=1S/C20H17ClF2O3S/c1-12-8-9-20(27(24,25)15-4-2-14(21)3-5-15)13(10-12)11-26-19-17(23)7-6-16(22)18(19)20/h2-7,13H,1,8-11H2/t13-,20+/m1/s1. The van der Waals surface area contributed by atoms with Crippen LogP contribution in [0.1, 0.15) is 24.8 Å². The normalized spacial score (nSPS) is 24.7. The predicted octanol–water partition coefficient (Wildman–Crippen LogP) is 5.04. The highest BCUT2D eigenvalue weighted by Gasteiger charge is 2.58. The number of rotatable bonds is 2. The van der Waals surface area contributed by atoms with E-state index in [-0.39, 0.29) is 29.2 Å². The van der Waals surface area contributed by atoms with E-state index in [1.165, 1.54) is 24.3 Å². The van der Waals surface area contributed by atoms with Gasteiger partial charge in [-0.1, -0.05) is 23.8 Å². The summed E-state index contributed by atoms with van der Waals surface area (Å²) in [5, 5.41) is 0.393. The lowest BCUT2D eigenvalue weighted by molar-refractivity contribution is 0.141. The Morgan fingerprint density at radius 2 is 1.78 bits per heavy atom. The minimum atomic E-state index is -4.06. The van der Waals surface area contributed by atoms with Crippen molar-refractivity contribution in [2.24, 2.45) is 5.92 Å². The average Bonchev–Trinajstić information content (AvgIpc) is 2.64. The number of halogens is 3. The van der Waals surface area contributed by atoms with Crippen LogP contribution in [0.2, 0.25) is 5.02 Å². The molecule has 0 unspecified atom stereocenters. The number of hydrogen-bond acceptors (Lipinski definition) is 3. The quantitative estimate of drug-likeness (QED) is 0.652. The molecule has 1 aliphatic heterocycles. The van der Waals surface area contributed by atoms with Crippen LogP contribution in [0.3, 0.4) is 0 Å². The first-order valence-electron chi connectivity index (χ1n) is 8.55. The molecule has 0 radical (unpaired) electrons. The molecule has 7 heteroatoms. The van der Waals surface area contributed by atoms with E-state index in [1.54, 1.807) is 0 Å². The Bertz CT molecular complexity index is 1030. The third-order valence-corrected chi connectivity index (χ3v) is 8.40. The fourth-order valence-corrected chi connectivity index (χ4v) is 6.73. The third-order valence-electron chi connectivity index (χ3n) is 5.56. The number of fused-ring (bicyclic) bond motifs is 3. The highest BCUT2D eigenvalue weighted by atomic mass is 35.5. The second-order valence-electron chi connectivity index (χ2n) is 7.04. The molecule has 3 nitrogen and oxygen atoms in total. The maximum absolute atomic E-state index is 14.9. The van der Waals surface area contributed by atoms with Gasteiger partial charge < -0.3 is 4.74 Å². The molecule has 0 N–H and O–H groups in total. The zero-order chi connectivity index (χ0) is 19.4. The van der Waals surface area contributed by atoms with Crippen LogP contribution >= 0.6 is 11.6 Å². The number of ether oxygens (including phenoxy) is 1. The van der Waals surface area contributed by atoms with E-state index in [4.69, 9.17) is 16.3 Å². The molecule has 2 aliphatic rings. The Morgan fingerprint density at radius 3 is 2.48 bits per heavy atom. The maximum atomic E-state index is 14.9. The molecule has 2 aromatic carbocycles. The van der Waals surface area contributed by atoms with Crippen LogP contribution in [-0.2, 0) is 14.6 Å². The maximum Gasteiger partial charge on any atom is 0.188 e. The zero-order valence-electron chi connectivity index (χ0n) is 14.3. The van der Waals surface area contributed by atoms with Crippen molar-refractivity contribution in [3.8, 4) is 5.75 Å². The molecule has 2 aromatic rings. The van der Waals surface area contributed by atoms with Crippen molar-refractivity contribution in [2.75, 3.05) is 6.61 Å². The van der Waals surface area contributed by atoms with Crippen molar-refractivity contribution in [1.29, 1.82) is 0 Å². The topological polar surface area (TPSA) is 43.4 Å². The molecule has 142 valence electrons. The summed E-state index contributed by atoms with van der Waals surface area (Å²) >= 11 is 5.89. The van der Waals surface area contributed by atoms with E-state index in [1.807, 2.05) is 0 Å². The van der Waals surface area contributed by atoms with Crippen LogP contribution in [0.15, 0.2) is 53.4 Å².